The average molecular weight is 363 g/mol. The van der Waals surface area contributed by atoms with E-state index in [1.165, 1.54) is 0 Å². The van der Waals surface area contributed by atoms with Crippen LogP contribution in [0.3, 0.4) is 0 Å². The summed E-state index contributed by atoms with van der Waals surface area (Å²) in [4.78, 5) is 22.2. The Labute approximate surface area is 155 Å². The molecule has 2 heterocycles. The van der Waals surface area contributed by atoms with E-state index in [0.717, 1.165) is 18.5 Å². The van der Waals surface area contributed by atoms with Gasteiger partial charge in [-0.15, -0.1) is 0 Å². The van der Waals surface area contributed by atoms with E-state index in [9.17, 15) is 4.79 Å². The largest absolute Gasteiger partial charge is 0.475 e. The average Bonchev–Trinajstić information content (AvgIpc) is 3.14. The van der Waals surface area contributed by atoms with Gasteiger partial charge in [0, 0.05) is 58.0 Å². The summed E-state index contributed by atoms with van der Waals surface area (Å²) in [5.74, 6) is 1.49. The van der Waals surface area contributed by atoms with Crippen LogP contribution >= 0.6 is 0 Å². The van der Waals surface area contributed by atoms with Crippen molar-refractivity contribution in [1.82, 2.24) is 20.5 Å². The minimum Gasteiger partial charge on any atom is -0.475 e. The van der Waals surface area contributed by atoms with Crippen LogP contribution in [-0.4, -0.2) is 68.3 Å². The number of carbonyl (C=O) groups excluding carboxylic acids is 1. The monoisotopic (exact) mass is 363 g/mol. The third-order valence-corrected chi connectivity index (χ3v) is 4.23. The van der Waals surface area contributed by atoms with Gasteiger partial charge in [0.05, 0.1) is 6.61 Å². The Morgan fingerprint density at radius 3 is 3.04 bits per heavy atom. The molecule has 0 bridgehead atoms. The van der Waals surface area contributed by atoms with Crippen LogP contribution in [0.15, 0.2) is 23.3 Å². The first-order chi connectivity index (χ1) is 12.7. The SMILES string of the molecule is CCC(=O)N1CCC(NC(=NC)NCc2cccnc2OCCOC)C1. The molecule has 1 saturated heterocycles. The predicted molar refractivity (Wildman–Crippen MR) is 100 cm³/mol. The Kier molecular flexibility index (Phi) is 8.14. The molecule has 2 N–H and O–H groups in total. The van der Waals surface area contributed by atoms with Crippen LogP contribution in [0.25, 0.3) is 0 Å². The minimum absolute atomic E-state index is 0.199. The van der Waals surface area contributed by atoms with Crippen LogP contribution in [0.5, 0.6) is 5.88 Å². The molecule has 1 aliphatic rings. The maximum Gasteiger partial charge on any atom is 0.222 e. The molecule has 0 aliphatic carbocycles. The fourth-order valence-electron chi connectivity index (χ4n) is 2.81. The second-order valence-corrected chi connectivity index (χ2v) is 6.06. The molecule has 144 valence electrons. The molecule has 1 aliphatic heterocycles. The summed E-state index contributed by atoms with van der Waals surface area (Å²) >= 11 is 0. The number of ether oxygens (including phenoxy) is 2. The van der Waals surface area contributed by atoms with Crippen molar-refractivity contribution in [2.24, 2.45) is 4.99 Å². The Morgan fingerprint density at radius 2 is 2.31 bits per heavy atom. The lowest BCUT2D eigenvalue weighted by atomic mass is 10.2. The van der Waals surface area contributed by atoms with Gasteiger partial charge < -0.3 is 25.0 Å². The number of rotatable bonds is 8. The molecule has 2 rings (SSSR count). The standard InChI is InChI=1S/C18H29N5O3/c1-4-16(24)23-9-7-15(13-23)22-18(19-2)21-12-14-6-5-8-20-17(14)26-11-10-25-3/h5-6,8,15H,4,7,9-13H2,1-3H3,(H2,19,21,22). The first-order valence-electron chi connectivity index (χ1n) is 8.98. The lowest BCUT2D eigenvalue weighted by Gasteiger charge is -2.19. The van der Waals surface area contributed by atoms with E-state index in [0.29, 0.717) is 44.6 Å². The molecular formula is C18H29N5O3. The van der Waals surface area contributed by atoms with Crippen LogP contribution in [0.4, 0.5) is 0 Å². The Bertz CT molecular complexity index is 608. The topological polar surface area (TPSA) is 88.1 Å². The van der Waals surface area contributed by atoms with Crippen molar-refractivity contribution in [2.45, 2.75) is 32.4 Å². The van der Waals surface area contributed by atoms with E-state index in [4.69, 9.17) is 9.47 Å². The van der Waals surface area contributed by atoms with Gasteiger partial charge >= 0.3 is 0 Å². The number of nitrogens with one attached hydrogen (secondary N) is 2. The highest BCUT2D eigenvalue weighted by molar-refractivity contribution is 5.80. The quantitative estimate of drug-likeness (QED) is 0.403. The smallest absolute Gasteiger partial charge is 0.222 e. The van der Waals surface area contributed by atoms with Crippen molar-refractivity contribution in [3.63, 3.8) is 0 Å². The molecule has 0 radical (unpaired) electrons. The number of aliphatic imine (C=N–C) groups is 1. The molecule has 1 aromatic rings. The highest BCUT2D eigenvalue weighted by Crippen LogP contribution is 2.14. The van der Waals surface area contributed by atoms with Crippen molar-refractivity contribution in [1.29, 1.82) is 0 Å². The van der Waals surface area contributed by atoms with Gasteiger partial charge in [0.25, 0.3) is 0 Å². The molecule has 26 heavy (non-hydrogen) atoms. The Balaban J connectivity index is 1.85. The van der Waals surface area contributed by atoms with Crippen molar-refractivity contribution in [3.05, 3.63) is 23.9 Å². The summed E-state index contributed by atoms with van der Waals surface area (Å²) in [5.41, 5.74) is 0.945. The van der Waals surface area contributed by atoms with Gasteiger partial charge in [-0.05, 0) is 12.5 Å². The number of aromatic nitrogens is 1. The summed E-state index contributed by atoms with van der Waals surface area (Å²) in [5, 5.41) is 6.67. The van der Waals surface area contributed by atoms with E-state index in [1.54, 1.807) is 20.4 Å². The molecule has 1 fully saturated rings. The first kappa shape index (κ1) is 20.0. The molecule has 0 aromatic carbocycles. The van der Waals surface area contributed by atoms with Crippen molar-refractivity contribution in [2.75, 3.05) is 40.5 Å². The van der Waals surface area contributed by atoms with Crippen LogP contribution in [0.2, 0.25) is 0 Å². The van der Waals surface area contributed by atoms with Gasteiger partial charge in [0.2, 0.25) is 11.8 Å². The fraction of sp³-hybridized carbons (Fsp3) is 0.611. The third-order valence-electron chi connectivity index (χ3n) is 4.23. The zero-order valence-electron chi connectivity index (χ0n) is 15.8. The summed E-state index contributed by atoms with van der Waals surface area (Å²) in [6, 6.07) is 4.05. The normalized spacial score (nSPS) is 17.3. The number of amides is 1. The van der Waals surface area contributed by atoms with Gasteiger partial charge in [-0.2, -0.15) is 0 Å². The van der Waals surface area contributed by atoms with E-state index in [2.05, 4.69) is 20.6 Å². The van der Waals surface area contributed by atoms with Crippen LogP contribution in [-0.2, 0) is 16.1 Å². The number of likely N-dealkylation sites (tertiary alicyclic amines) is 1. The number of methoxy groups -OCH3 is 1. The van der Waals surface area contributed by atoms with Crippen LogP contribution in [0.1, 0.15) is 25.3 Å². The number of hydrogen-bond donors (Lipinski definition) is 2. The molecular weight excluding hydrogens is 334 g/mol. The molecule has 0 spiro atoms. The number of carbonyl (C=O) groups is 1. The summed E-state index contributed by atoms with van der Waals surface area (Å²) < 4.78 is 10.7. The highest BCUT2D eigenvalue weighted by Gasteiger charge is 2.25. The second-order valence-electron chi connectivity index (χ2n) is 6.06. The summed E-state index contributed by atoms with van der Waals surface area (Å²) in [6.45, 7) is 4.91. The van der Waals surface area contributed by atoms with E-state index < -0.39 is 0 Å². The molecule has 8 heteroatoms. The van der Waals surface area contributed by atoms with Gasteiger partial charge in [-0.3, -0.25) is 9.79 Å². The van der Waals surface area contributed by atoms with Crippen LogP contribution < -0.4 is 15.4 Å². The molecule has 1 amide bonds. The van der Waals surface area contributed by atoms with Crippen LogP contribution in [0, 0.1) is 0 Å². The lowest BCUT2D eigenvalue weighted by molar-refractivity contribution is -0.129. The maximum atomic E-state index is 11.8. The lowest BCUT2D eigenvalue weighted by Crippen LogP contribution is -2.44. The number of nitrogens with zero attached hydrogens (tertiary/aromatic N) is 3. The second kappa shape index (κ2) is 10.6. The summed E-state index contributed by atoms with van der Waals surface area (Å²) in [6.07, 6.45) is 3.17. The van der Waals surface area contributed by atoms with Crippen molar-refractivity contribution in [3.8, 4) is 5.88 Å². The zero-order valence-corrected chi connectivity index (χ0v) is 15.8. The Hall–Kier alpha value is -2.35. The van der Waals surface area contributed by atoms with Gasteiger partial charge in [-0.25, -0.2) is 4.98 Å². The highest BCUT2D eigenvalue weighted by atomic mass is 16.5. The van der Waals surface area contributed by atoms with Gasteiger partial charge in [0.15, 0.2) is 5.96 Å². The van der Waals surface area contributed by atoms with E-state index in [1.807, 2.05) is 24.0 Å². The predicted octanol–water partition coefficient (Wildman–Crippen LogP) is 0.783. The molecule has 1 unspecified atom stereocenters. The third kappa shape index (κ3) is 5.87. The molecule has 1 aromatic heterocycles. The number of hydrogen-bond acceptors (Lipinski definition) is 5. The van der Waals surface area contributed by atoms with E-state index in [-0.39, 0.29) is 11.9 Å². The minimum atomic E-state index is 0.199. The molecule has 8 nitrogen and oxygen atoms in total. The maximum absolute atomic E-state index is 11.8. The zero-order chi connectivity index (χ0) is 18.8. The number of pyridine rings is 1. The van der Waals surface area contributed by atoms with Crippen molar-refractivity contribution < 1.29 is 14.3 Å². The summed E-state index contributed by atoms with van der Waals surface area (Å²) in [7, 11) is 3.37. The van der Waals surface area contributed by atoms with Gasteiger partial charge in [0.1, 0.15) is 6.61 Å². The van der Waals surface area contributed by atoms with E-state index >= 15 is 0 Å². The molecule has 1 atom stereocenters. The Morgan fingerprint density at radius 1 is 1.46 bits per heavy atom. The molecule has 0 saturated carbocycles. The first-order valence-corrected chi connectivity index (χ1v) is 8.98. The fourth-order valence-corrected chi connectivity index (χ4v) is 2.81. The number of guanidine groups is 1. The van der Waals surface area contributed by atoms with Gasteiger partial charge in [-0.1, -0.05) is 13.0 Å². The van der Waals surface area contributed by atoms with Crippen molar-refractivity contribution >= 4 is 11.9 Å².